The van der Waals surface area contributed by atoms with Crippen LogP contribution in [0.1, 0.15) is 11.1 Å². The number of amides is 2. The van der Waals surface area contributed by atoms with Crippen molar-refractivity contribution in [3.8, 4) is 17.2 Å². The zero-order valence-corrected chi connectivity index (χ0v) is 22.2. The molecular weight excluding hydrogens is 586 g/mol. The van der Waals surface area contributed by atoms with E-state index in [0.717, 1.165) is 26.7 Å². The number of ether oxygens (including phenoxy) is 3. The van der Waals surface area contributed by atoms with Crippen molar-refractivity contribution in [2.45, 2.75) is 6.61 Å². The molecule has 34 heavy (non-hydrogen) atoms. The minimum absolute atomic E-state index is 0.299. The second kappa shape index (κ2) is 10.7. The fourth-order valence-corrected chi connectivity index (χ4v) is 5.01. The normalized spacial score (nSPS) is 14.6. The molecule has 9 heteroatoms. The average Bonchev–Trinajstić information content (AvgIpc) is 3.11. The van der Waals surface area contributed by atoms with Crippen LogP contribution in [0.3, 0.4) is 0 Å². The number of nitrogens with zero attached hydrogens (tertiary/aromatic N) is 1. The van der Waals surface area contributed by atoms with Crippen LogP contribution in [0.25, 0.3) is 6.08 Å². The third kappa shape index (κ3) is 5.16. The SMILES string of the molecule is COc1ccccc1N1C(=O)S/C(=C\c2cc(Br)c(OCc3ccc(Br)cc3)c(OC)c2)C1=O. The molecule has 174 valence electrons. The molecule has 0 radical (unpaired) electrons. The molecule has 3 aromatic carbocycles. The fraction of sp³-hybridized carbons (Fsp3) is 0.120. The quantitative estimate of drug-likeness (QED) is 0.269. The molecule has 1 saturated heterocycles. The number of rotatable bonds is 7. The second-order valence-electron chi connectivity index (χ2n) is 7.14. The summed E-state index contributed by atoms with van der Waals surface area (Å²) in [6.45, 7) is 0.361. The lowest BCUT2D eigenvalue weighted by Crippen LogP contribution is -2.28. The standard InChI is InChI=1S/C25H19Br2NO5S/c1-31-20-6-4-3-5-19(20)28-24(29)22(34-25(28)30)13-16-11-18(27)23(21(12-16)32-2)33-14-15-7-9-17(26)10-8-15/h3-13H,14H2,1-2H3/b22-13-. The molecule has 0 atom stereocenters. The number of carbonyl (C=O) groups excluding carboxylic acids is 2. The molecule has 1 aliphatic heterocycles. The first kappa shape index (κ1) is 24.4. The van der Waals surface area contributed by atoms with Crippen LogP contribution in [0.5, 0.6) is 17.2 Å². The van der Waals surface area contributed by atoms with E-state index in [0.29, 0.717) is 44.5 Å². The van der Waals surface area contributed by atoms with Gasteiger partial charge in [0.25, 0.3) is 11.1 Å². The lowest BCUT2D eigenvalue weighted by atomic mass is 10.1. The number of carbonyl (C=O) groups is 2. The Labute approximate surface area is 218 Å². The Balaban J connectivity index is 1.59. The van der Waals surface area contributed by atoms with Crippen LogP contribution in [-0.4, -0.2) is 25.4 Å². The van der Waals surface area contributed by atoms with E-state index in [4.69, 9.17) is 14.2 Å². The molecule has 0 aromatic heterocycles. The molecule has 4 rings (SSSR count). The summed E-state index contributed by atoms with van der Waals surface area (Å²) in [7, 11) is 3.05. The molecular formula is C25H19Br2NO5S. The van der Waals surface area contributed by atoms with Crippen LogP contribution in [0, 0.1) is 0 Å². The Morgan fingerprint density at radius 2 is 1.65 bits per heavy atom. The maximum atomic E-state index is 13.1. The number of para-hydroxylation sites is 2. The molecule has 1 fully saturated rings. The molecule has 0 unspecified atom stereocenters. The summed E-state index contributed by atoms with van der Waals surface area (Å²) in [5.41, 5.74) is 2.10. The van der Waals surface area contributed by atoms with Gasteiger partial charge in [-0.1, -0.05) is 40.2 Å². The third-order valence-electron chi connectivity index (χ3n) is 4.97. The van der Waals surface area contributed by atoms with Crippen LogP contribution in [0.2, 0.25) is 0 Å². The highest BCUT2D eigenvalue weighted by Crippen LogP contribution is 2.42. The van der Waals surface area contributed by atoms with Crippen LogP contribution < -0.4 is 19.1 Å². The number of halogens is 2. The molecule has 0 bridgehead atoms. The summed E-state index contributed by atoms with van der Waals surface area (Å²) in [5, 5.41) is -0.388. The molecule has 1 heterocycles. The Morgan fingerprint density at radius 3 is 2.35 bits per heavy atom. The highest BCUT2D eigenvalue weighted by molar-refractivity contribution is 9.10. The Morgan fingerprint density at radius 1 is 0.941 bits per heavy atom. The van der Waals surface area contributed by atoms with E-state index in [2.05, 4.69) is 31.9 Å². The van der Waals surface area contributed by atoms with Crippen LogP contribution in [-0.2, 0) is 11.4 Å². The van der Waals surface area contributed by atoms with Gasteiger partial charge in [0.2, 0.25) is 0 Å². The van der Waals surface area contributed by atoms with Gasteiger partial charge in [0.1, 0.15) is 12.4 Å². The number of imide groups is 1. The number of thioether (sulfide) groups is 1. The van der Waals surface area contributed by atoms with E-state index >= 15 is 0 Å². The van der Waals surface area contributed by atoms with Crippen LogP contribution in [0.4, 0.5) is 10.5 Å². The summed E-state index contributed by atoms with van der Waals surface area (Å²) in [6.07, 6.45) is 1.66. The molecule has 0 spiro atoms. The molecule has 2 amide bonds. The molecule has 0 saturated carbocycles. The number of methoxy groups -OCH3 is 2. The lowest BCUT2D eigenvalue weighted by molar-refractivity contribution is -0.113. The summed E-state index contributed by atoms with van der Waals surface area (Å²) in [4.78, 5) is 27.1. The van der Waals surface area contributed by atoms with Gasteiger partial charge in [0.15, 0.2) is 11.5 Å². The van der Waals surface area contributed by atoms with Gasteiger partial charge in [-0.25, -0.2) is 4.90 Å². The molecule has 0 N–H and O–H groups in total. The summed E-state index contributed by atoms with van der Waals surface area (Å²) in [6, 6.07) is 18.3. The Bertz CT molecular complexity index is 1280. The van der Waals surface area contributed by atoms with Crippen molar-refractivity contribution in [2.24, 2.45) is 0 Å². The van der Waals surface area contributed by atoms with Gasteiger partial charge in [0.05, 0.1) is 29.3 Å². The predicted octanol–water partition coefficient (Wildman–Crippen LogP) is 7.05. The van der Waals surface area contributed by atoms with Gasteiger partial charge in [-0.05, 0) is 81.3 Å². The zero-order chi connectivity index (χ0) is 24.2. The predicted molar refractivity (Wildman–Crippen MR) is 141 cm³/mol. The van der Waals surface area contributed by atoms with Crippen molar-refractivity contribution < 1.29 is 23.8 Å². The monoisotopic (exact) mass is 603 g/mol. The molecule has 3 aromatic rings. The van der Waals surface area contributed by atoms with E-state index in [1.165, 1.54) is 7.11 Å². The van der Waals surface area contributed by atoms with E-state index in [1.54, 1.807) is 43.5 Å². The molecule has 0 aliphatic carbocycles. The highest BCUT2D eigenvalue weighted by atomic mass is 79.9. The van der Waals surface area contributed by atoms with Gasteiger partial charge in [-0.15, -0.1) is 0 Å². The van der Waals surface area contributed by atoms with Crippen molar-refractivity contribution in [1.29, 1.82) is 0 Å². The lowest BCUT2D eigenvalue weighted by Gasteiger charge is -2.16. The topological polar surface area (TPSA) is 65.1 Å². The highest BCUT2D eigenvalue weighted by Gasteiger charge is 2.37. The molecule has 6 nitrogen and oxygen atoms in total. The van der Waals surface area contributed by atoms with Gasteiger partial charge >= 0.3 is 0 Å². The van der Waals surface area contributed by atoms with Gasteiger partial charge < -0.3 is 14.2 Å². The fourth-order valence-electron chi connectivity index (χ4n) is 3.34. The van der Waals surface area contributed by atoms with Crippen molar-refractivity contribution in [3.63, 3.8) is 0 Å². The largest absolute Gasteiger partial charge is 0.495 e. The number of anilines is 1. The molecule has 1 aliphatic rings. The average molecular weight is 605 g/mol. The van der Waals surface area contributed by atoms with Crippen molar-refractivity contribution in [2.75, 3.05) is 19.1 Å². The Hall–Kier alpha value is -2.75. The summed E-state index contributed by atoms with van der Waals surface area (Å²) < 4.78 is 18.5. The minimum Gasteiger partial charge on any atom is -0.495 e. The first-order chi connectivity index (χ1) is 16.4. The van der Waals surface area contributed by atoms with Crippen LogP contribution in [0.15, 0.2) is 74.5 Å². The minimum atomic E-state index is -0.412. The number of hydrogen-bond acceptors (Lipinski definition) is 6. The van der Waals surface area contributed by atoms with E-state index in [-0.39, 0.29) is 5.24 Å². The summed E-state index contributed by atoms with van der Waals surface area (Å²) >= 11 is 7.84. The van der Waals surface area contributed by atoms with Gasteiger partial charge in [-0.2, -0.15) is 0 Å². The van der Waals surface area contributed by atoms with E-state index in [9.17, 15) is 9.59 Å². The second-order valence-corrected chi connectivity index (χ2v) is 9.90. The Kier molecular flexibility index (Phi) is 7.65. The number of hydrogen-bond donors (Lipinski definition) is 0. The van der Waals surface area contributed by atoms with Gasteiger partial charge in [0, 0.05) is 4.47 Å². The zero-order valence-electron chi connectivity index (χ0n) is 18.2. The van der Waals surface area contributed by atoms with Crippen molar-refractivity contribution in [1.82, 2.24) is 0 Å². The third-order valence-corrected chi connectivity index (χ3v) is 6.95. The van der Waals surface area contributed by atoms with E-state index < -0.39 is 5.91 Å². The first-order valence-corrected chi connectivity index (χ1v) is 12.5. The smallest absolute Gasteiger partial charge is 0.298 e. The van der Waals surface area contributed by atoms with Crippen molar-refractivity contribution >= 4 is 66.5 Å². The summed E-state index contributed by atoms with van der Waals surface area (Å²) in [5.74, 6) is 1.08. The maximum absolute atomic E-state index is 13.1. The van der Waals surface area contributed by atoms with Crippen LogP contribution >= 0.6 is 43.6 Å². The van der Waals surface area contributed by atoms with E-state index in [1.807, 2.05) is 30.3 Å². The number of benzene rings is 3. The van der Waals surface area contributed by atoms with Gasteiger partial charge in [-0.3, -0.25) is 9.59 Å². The maximum Gasteiger partial charge on any atom is 0.298 e. The first-order valence-electron chi connectivity index (χ1n) is 10.1. The van der Waals surface area contributed by atoms with Crippen molar-refractivity contribution in [3.05, 3.63) is 85.6 Å².